The van der Waals surface area contributed by atoms with Crippen molar-refractivity contribution in [1.82, 2.24) is 20.2 Å². The number of fused-ring (bicyclic) bond motifs is 1. The van der Waals surface area contributed by atoms with Crippen molar-refractivity contribution < 1.29 is 0 Å². The Balaban J connectivity index is 1.65. The Morgan fingerprint density at radius 2 is 2.20 bits per heavy atom. The van der Waals surface area contributed by atoms with Gasteiger partial charge in [-0.2, -0.15) is 0 Å². The summed E-state index contributed by atoms with van der Waals surface area (Å²) in [6, 6.07) is 8.40. The van der Waals surface area contributed by atoms with E-state index in [2.05, 4.69) is 70.0 Å². The molecule has 0 aliphatic carbocycles. The first kappa shape index (κ1) is 17.5. The van der Waals surface area contributed by atoms with Crippen molar-refractivity contribution in [2.45, 2.75) is 26.8 Å². The molecule has 2 N–H and O–H groups in total. The van der Waals surface area contributed by atoms with Crippen LogP contribution >= 0.6 is 11.3 Å². The molecule has 0 fully saturated rings. The first-order valence-electron chi connectivity index (χ1n) is 8.63. The van der Waals surface area contributed by atoms with Crippen LogP contribution in [-0.2, 0) is 13.0 Å². The Bertz CT molecular complexity index is 848. The number of guanidine groups is 1. The zero-order valence-corrected chi connectivity index (χ0v) is 15.9. The van der Waals surface area contributed by atoms with Gasteiger partial charge in [-0.25, -0.2) is 4.98 Å². The van der Waals surface area contributed by atoms with Crippen molar-refractivity contribution in [3.63, 3.8) is 0 Å². The predicted molar refractivity (Wildman–Crippen MR) is 106 cm³/mol. The number of thiazole rings is 1. The van der Waals surface area contributed by atoms with Crippen molar-refractivity contribution in [3.8, 4) is 0 Å². The number of nitrogens with one attached hydrogen (secondary N) is 2. The van der Waals surface area contributed by atoms with Crippen molar-refractivity contribution >= 4 is 28.2 Å². The van der Waals surface area contributed by atoms with E-state index in [0.717, 1.165) is 42.7 Å². The standard InChI is InChI=1S/C19H25N5S/c1-4-20-19(24(3)12-16-13-25-14(2)23-16)21-10-9-15-11-22-18-8-6-5-7-17(15)18/h5-8,11,13,22H,4,9-10,12H2,1-3H3,(H,20,21). The van der Waals surface area contributed by atoms with E-state index in [1.165, 1.54) is 16.5 Å². The highest BCUT2D eigenvalue weighted by atomic mass is 32.1. The molecule has 0 atom stereocenters. The second-order valence-corrected chi connectivity index (χ2v) is 7.12. The maximum Gasteiger partial charge on any atom is 0.194 e. The smallest absolute Gasteiger partial charge is 0.194 e. The van der Waals surface area contributed by atoms with Gasteiger partial charge < -0.3 is 15.2 Å². The van der Waals surface area contributed by atoms with Gasteiger partial charge in [-0.3, -0.25) is 4.99 Å². The highest BCUT2D eigenvalue weighted by Gasteiger charge is 2.09. The molecule has 0 aliphatic heterocycles. The van der Waals surface area contributed by atoms with Crippen molar-refractivity contribution in [3.05, 3.63) is 52.1 Å². The molecule has 3 rings (SSSR count). The monoisotopic (exact) mass is 355 g/mol. The zero-order valence-electron chi connectivity index (χ0n) is 15.0. The van der Waals surface area contributed by atoms with Crippen LogP contribution in [0.1, 0.15) is 23.2 Å². The molecule has 6 heteroatoms. The Morgan fingerprint density at radius 3 is 2.96 bits per heavy atom. The first-order valence-corrected chi connectivity index (χ1v) is 9.50. The van der Waals surface area contributed by atoms with Gasteiger partial charge in [0, 0.05) is 42.6 Å². The number of aliphatic imine (C=N–C) groups is 1. The van der Waals surface area contributed by atoms with E-state index in [4.69, 9.17) is 4.99 Å². The van der Waals surface area contributed by atoms with Gasteiger partial charge in [-0.1, -0.05) is 18.2 Å². The summed E-state index contributed by atoms with van der Waals surface area (Å²) >= 11 is 1.69. The lowest BCUT2D eigenvalue weighted by Gasteiger charge is -2.21. The number of para-hydroxylation sites is 1. The molecule has 0 amide bonds. The first-order chi connectivity index (χ1) is 12.2. The van der Waals surface area contributed by atoms with E-state index in [-0.39, 0.29) is 0 Å². The lowest BCUT2D eigenvalue weighted by Crippen LogP contribution is -2.38. The van der Waals surface area contributed by atoms with Crippen LogP contribution in [0.2, 0.25) is 0 Å². The largest absolute Gasteiger partial charge is 0.361 e. The van der Waals surface area contributed by atoms with Gasteiger partial charge in [0.2, 0.25) is 0 Å². The van der Waals surface area contributed by atoms with E-state index < -0.39 is 0 Å². The molecule has 132 valence electrons. The quantitative estimate of drug-likeness (QED) is 0.525. The topological polar surface area (TPSA) is 56.3 Å². The molecule has 0 radical (unpaired) electrons. The Labute approximate surface area is 152 Å². The molecule has 0 unspecified atom stereocenters. The summed E-state index contributed by atoms with van der Waals surface area (Å²) in [5.41, 5.74) is 3.59. The average Bonchev–Trinajstić information content (AvgIpc) is 3.20. The molecule has 2 heterocycles. The van der Waals surface area contributed by atoms with Gasteiger partial charge in [0.1, 0.15) is 0 Å². The van der Waals surface area contributed by atoms with Crippen molar-refractivity contribution in [2.24, 2.45) is 4.99 Å². The number of rotatable bonds is 6. The molecule has 2 aromatic heterocycles. The Morgan fingerprint density at radius 1 is 1.36 bits per heavy atom. The van der Waals surface area contributed by atoms with E-state index in [1.54, 1.807) is 11.3 Å². The third kappa shape index (κ3) is 4.39. The fourth-order valence-corrected chi connectivity index (χ4v) is 3.49. The molecular formula is C19H25N5S. The van der Waals surface area contributed by atoms with E-state index in [9.17, 15) is 0 Å². The Hall–Kier alpha value is -2.34. The molecule has 0 aliphatic rings. The van der Waals surface area contributed by atoms with Crippen LogP contribution in [0.5, 0.6) is 0 Å². The molecule has 0 spiro atoms. The lowest BCUT2D eigenvalue weighted by molar-refractivity contribution is 0.471. The summed E-state index contributed by atoms with van der Waals surface area (Å²) in [7, 11) is 2.06. The summed E-state index contributed by atoms with van der Waals surface area (Å²) in [4.78, 5) is 14.8. The van der Waals surface area contributed by atoms with Gasteiger partial charge in [0.05, 0.1) is 17.2 Å². The summed E-state index contributed by atoms with van der Waals surface area (Å²) in [5, 5.41) is 7.87. The van der Waals surface area contributed by atoms with Crippen LogP contribution < -0.4 is 5.32 Å². The SMILES string of the molecule is CCNC(=NCCc1c[nH]c2ccccc12)N(C)Cc1csc(C)n1. The second kappa shape index (κ2) is 8.16. The van der Waals surface area contributed by atoms with Crippen LogP contribution in [0.4, 0.5) is 0 Å². The average molecular weight is 356 g/mol. The van der Waals surface area contributed by atoms with Crippen molar-refractivity contribution in [2.75, 3.05) is 20.1 Å². The number of aromatic amines is 1. The number of benzene rings is 1. The minimum Gasteiger partial charge on any atom is -0.361 e. The number of nitrogens with zero attached hydrogens (tertiary/aromatic N) is 3. The molecule has 3 aromatic rings. The maximum absolute atomic E-state index is 4.79. The molecule has 0 bridgehead atoms. The fraction of sp³-hybridized carbons (Fsp3) is 0.368. The number of aryl methyl sites for hydroxylation is 1. The third-order valence-electron chi connectivity index (χ3n) is 4.08. The van der Waals surface area contributed by atoms with Crippen LogP contribution in [-0.4, -0.2) is 41.0 Å². The summed E-state index contributed by atoms with van der Waals surface area (Å²) < 4.78 is 0. The molecule has 1 aromatic carbocycles. The van der Waals surface area contributed by atoms with Gasteiger partial charge in [0.25, 0.3) is 0 Å². The van der Waals surface area contributed by atoms with Crippen LogP contribution in [0.15, 0.2) is 40.8 Å². The second-order valence-electron chi connectivity index (χ2n) is 6.06. The summed E-state index contributed by atoms with van der Waals surface area (Å²) in [6.45, 7) is 6.50. The molecule has 5 nitrogen and oxygen atoms in total. The minimum atomic E-state index is 0.755. The zero-order chi connectivity index (χ0) is 17.6. The highest BCUT2D eigenvalue weighted by Crippen LogP contribution is 2.18. The minimum absolute atomic E-state index is 0.755. The number of H-pyrrole nitrogens is 1. The lowest BCUT2D eigenvalue weighted by atomic mass is 10.1. The summed E-state index contributed by atoms with van der Waals surface area (Å²) in [5.74, 6) is 0.924. The fourth-order valence-electron chi connectivity index (χ4n) is 2.89. The summed E-state index contributed by atoms with van der Waals surface area (Å²) in [6.07, 6.45) is 3.01. The number of hydrogen-bond donors (Lipinski definition) is 2. The van der Waals surface area contributed by atoms with E-state index in [0.29, 0.717) is 0 Å². The molecule has 0 saturated heterocycles. The van der Waals surface area contributed by atoms with Gasteiger partial charge >= 0.3 is 0 Å². The van der Waals surface area contributed by atoms with Crippen molar-refractivity contribution in [1.29, 1.82) is 0 Å². The maximum atomic E-state index is 4.79. The van der Waals surface area contributed by atoms with Crippen LogP contribution in [0, 0.1) is 6.92 Å². The van der Waals surface area contributed by atoms with Gasteiger partial charge in [-0.05, 0) is 31.9 Å². The van der Waals surface area contributed by atoms with E-state index in [1.807, 2.05) is 6.92 Å². The Kier molecular flexibility index (Phi) is 5.71. The van der Waals surface area contributed by atoms with Crippen LogP contribution in [0.3, 0.4) is 0 Å². The molecule has 25 heavy (non-hydrogen) atoms. The molecular weight excluding hydrogens is 330 g/mol. The molecule has 0 saturated carbocycles. The third-order valence-corrected chi connectivity index (χ3v) is 4.90. The highest BCUT2D eigenvalue weighted by molar-refractivity contribution is 7.09. The normalized spacial score (nSPS) is 11.9. The predicted octanol–water partition coefficient (Wildman–Crippen LogP) is 3.57. The van der Waals surface area contributed by atoms with Gasteiger partial charge in [0.15, 0.2) is 5.96 Å². The van der Waals surface area contributed by atoms with E-state index >= 15 is 0 Å². The van der Waals surface area contributed by atoms with Gasteiger partial charge in [-0.15, -0.1) is 11.3 Å². The number of hydrogen-bond acceptors (Lipinski definition) is 3. The van der Waals surface area contributed by atoms with Crippen LogP contribution in [0.25, 0.3) is 10.9 Å². The number of aromatic nitrogens is 2.